The molecule has 0 aromatic heterocycles. The highest BCUT2D eigenvalue weighted by molar-refractivity contribution is 4.79. The van der Waals surface area contributed by atoms with E-state index in [-0.39, 0.29) is 18.9 Å². The fourth-order valence-electron chi connectivity index (χ4n) is 2.38. The monoisotopic (exact) mass is 209 g/mol. The number of halogens is 3. The molecule has 0 bridgehead atoms. The molecule has 1 unspecified atom stereocenters. The van der Waals surface area contributed by atoms with E-state index >= 15 is 0 Å². The summed E-state index contributed by atoms with van der Waals surface area (Å²) in [5.74, 6) is -1.33. The van der Waals surface area contributed by atoms with Crippen LogP contribution in [0.1, 0.15) is 38.5 Å². The van der Waals surface area contributed by atoms with Crippen molar-refractivity contribution in [3.8, 4) is 0 Å². The fourth-order valence-corrected chi connectivity index (χ4v) is 2.38. The Morgan fingerprint density at radius 1 is 1.14 bits per heavy atom. The van der Waals surface area contributed by atoms with Crippen molar-refractivity contribution in [2.24, 2.45) is 17.6 Å². The lowest BCUT2D eigenvalue weighted by molar-refractivity contribution is -0.192. The van der Waals surface area contributed by atoms with Gasteiger partial charge < -0.3 is 5.73 Å². The molecule has 0 aromatic carbocycles. The summed E-state index contributed by atoms with van der Waals surface area (Å²) in [4.78, 5) is 0. The lowest BCUT2D eigenvalue weighted by atomic mass is 9.78. The molecule has 14 heavy (non-hydrogen) atoms. The van der Waals surface area contributed by atoms with Crippen LogP contribution in [-0.4, -0.2) is 12.7 Å². The average Bonchev–Trinajstić information content (AvgIpc) is 2.14. The van der Waals surface area contributed by atoms with E-state index in [0.29, 0.717) is 0 Å². The molecule has 2 N–H and O–H groups in total. The van der Waals surface area contributed by atoms with Gasteiger partial charge in [-0.15, -0.1) is 0 Å². The van der Waals surface area contributed by atoms with Crippen LogP contribution >= 0.6 is 0 Å². The first-order valence-electron chi connectivity index (χ1n) is 5.32. The van der Waals surface area contributed by atoms with Gasteiger partial charge in [0.1, 0.15) is 0 Å². The minimum atomic E-state index is -4.05. The van der Waals surface area contributed by atoms with Gasteiger partial charge in [0.25, 0.3) is 0 Å². The minimum absolute atomic E-state index is 0.0914. The largest absolute Gasteiger partial charge is 0.392 e. The van der Waals surface area contributed by atoms with Gasteiger partial charge >= 0.3 is 6.18 Å². The molecule has 0 aromatic rings. The third-order valence-electron chi connectivity index (χ3n) is 3.12. The maximum atomic E-state index is 12.6. The second-order valence-electron chi connectivity index (χ2n) is 4.12. The molecule has 1 saturated carbocycles. The first-order valence-corrected chi connectivity index (χ1v) is 5.32. The maximum Gasteiger partial charge on any atom is 0.392 e. The van der Waals surface area contributed by atoms with Crippen molar-refractivity contribution in [1.82, 2.24) is 0 Å². The van der Waals surface area contributed by atoms with Gasteiger partial charge in [-0.05, 0) is 31.7 Å². The van der Waals surface area contributed by atoms with Gasteiger partial charge in [0.15, 0.2) is 0 Å². The van der Waals surface area contributed by atoms with Gasteiger partial charge in [-0.3, -0.25) is 0 Å². The van der Waals surface area contributed by atoms with Gasteiger partial charge in [-0.1, -0.05) is 19.3 Å². The Morgan fingerprint density at radius 2 is 1.71 bits per heavy atom. The second-order valence-corrected chi connectivity index (χ2v) is 4.12. The van der Waals surface area contributed by atoms with E-state index in [2.05, 4.69) is 0 Å². The van der Waals surface area contributed by atoms with Crippen molar-refractivity contribution in [2.75, 3.05) is 6.54 Å². The SMILES string of the molecule is NCCC(C1CCCCC1)C(F)(F)F. The van der Waals surface area contributed by atoms with E-state index in [4.69, 9.17) is 5.73 Å². The molecule has 1 aliphatic carbocycles. The summed E-state index contributed by atoms with van der Waals surface area (Å²) < 4.78 is 37.9. The van der Waals surface area contributed by atoms with Crippen LogP contribution in [0.25, 0.3) is 0 Å². The zero-order valence-corrected chi connectivity index (χ0v) is 8.32. The summed E-state index contributed by atoms with van der Waals surface area (Å²) in [5, 5.41) is 0. The van der Waals surface area contributed by atoms with Crippen LogP contribution in [0.3, 0.4) is 0 Å². The Hall–Kier alpha value is -0.250. The Balaban J connectivity index is 2.56. The van der Waals surface area contributed by atoms with E-state index in [0.717, 1.165) is 32.1 Å². The van der Waals surface area contributed by atoms with E-state index < -0.39 is 12.1 Å². The predicted molar refractivity (Wildman–Crippen MR) is 49.8 cm³/mol. The topological polar surface area (TPSA) is 26.0 Å². The van der Waals surface area contributed by atoms with Gasteiger partial charge in [0, 0.05) is 0 Å². The molecule has 0 spiro atoms. The predicted octanol–water partition coefficient (Wildman–Crippen LogP) is 3.09. The molecule has 1 aliphatic rings. The van der Waals surface area contributed by atoms with Gasteiger partial charge in [0.05, 0.1) is 5.92 Å². The maximum absolute atomic E-state index is 12.6. The van der Waals surface area contributed by atoms with Gasteiger partial charge in [-0.25, -0.2) is 0 Å². The van der Waals surface area contributed by atoms with Crippen LogP contribution in [0.5, 0.6) is 0 Å². The number of hydrogen-bond acceptors (Lipinski definition) is 1. The zero-order chi connectivity index (χ0) is 10.6. The Labute approximate surface area is 82.9 Å². The average molecular weight is 209 g/mol. The van der Waals surface area contributed by atoms with Crippen molar-refractivity contribution in [3.63, 3.8) is 0 Å². The molecule has 1 rings (SSSR count). The van der Waals surface area contributed by atoms with Crippen LogP contribution in [0, 0.1) is 11.8 Å². The molecule has 0 saturated heterocycles. The number of nitrogens with two attached hydrogens (primary N) is 1. The van der Waals surface area contributed by atoms with Gasteiger partial charge in [0.2, 0.25) is 0 Å². The van der Waals surface area contributed by atoms with Crippen LogP contribution < -0.4 is 5.73 Å². The van der Waals surface area contributed by atoms with Crippen LogP contribution in [0.2, 0.25) is 0 Å². The fraction of sp³-hybridized carbons (Fsp3) is 1.00. The molecule has 0 amide bonds. The highest BCUT2D eigenvalue weighted by Gasteiger charge is 2.43. The normalized spacial score (nSPS) is 22.3. The number of rotatable bonds is 3. The van der Waals surface area contributed by atoms with Crippen molar-refractivity contribution < 1.29 is 13.2 Å². The van der Waals surface area contributed by atoms with Gasteiger partial charge in [-0.2, -0.15) is 13.2 Å². The lowest BCUT2D eigenvalue weighted by Gasteiger charge is -2.31. The molecule has 84 valence electrons. The minimum Gasteiger partial charge on any atom is -0.330 e. The molecule has 0 heterocycles. The van der Waals surface area contributed by atoms with E-state index in [1.165, 1.54) is 0 Å². The van der Waals surface area contributed by atoms with Crippen LogP contribution in [0.15, 0.2) is 0 Å². The Bertz CT molecular complexity index is 161. The molecule has 1 fully saturated rings. The zero-order valence-electron chi connectivity index (χ0n) is 8.32. The number of hydrogen-bond donors (Lipinski definition) is 1. The Morgan fingerprint density at radius 3 is 2.14 bits per heavy atom. The van der Waals surface area contributed by atoms with Crippen LogP contribution in [-0.2, 0) is 0 Å². The Kier molecular flexibility index (Phi) is 4.23. The van der Waals surface area contributed by atoms with E-state index in [1.807, 2.05) is 0 Å². The highest BCUT2D eigenvalue weighted by atomic mass is 19.4. The first kappa shape index (κ1) is 11.8. The molecule has 1 nitrogen and oxygen atoms in total. The molecule has 0 radical (unpaired) electrons. The quantitative estimate of drug-likeness (QED) is 0.759. The third kappa shape index (κ3) is 3.15. The number of alkyl halides is 3. The summed E-state index contributed by atoms with van der Waals surface area (Å²) >= 11 is 0. The summed E-state index contributed by atoms with van der Waals surface area (Å²) in [7, 11) is 0. The summed E-state index contributed by atoms with van der Waals surface area (Å²) in [5.41, 5.74) is 5.23. The van der Waals surface area contributed by atoms with Crippen LogP contribution in [0.4, 0.5) is 13.2 Å². The van der Waals surface area contributed by atoms with Crippen molar-refractivity contribution in [3.05, 3.63) is 0 Å². The molecule has 0 aliphatic heterocycles. The van der Waals surface area contributed by atoms with Crippen molar-refractivity contribution in [1.29, 1.82) is 0 Å². The van der Waals surface area contributed by atoms with Crippen molar-refractivity contribution >= 4 is 0 Å². The van der Waals surface area contributed by atoms with E-state index in [1.54, 1.807) is 0 Å². The summed E-state index contributed by atoms with van der Waals surface area (Å²) in [6.07, 6.45) is 0.469. The second kappa shape index (κ2) is 5.01. The van der Waals surface area contributed by atoms with E-state index in [9.17, 15) is 13.2 Å². The standard InChI is InChI=1S/C10H18F3N/c11-10(12,13)9(6-7-14)8-4-2-1-3-5-8/h8-9H,1-7,14H2. The first-order chi connectivity index (χ1) is 6.55. The smallest absolute Gasteiger partial charge is 0.330 e. The molecular formula is C10H18F3N. The third-order valence-corrected chi connectivity index (χ3v) is 3.12. The molecule has 1 atom stereocenters. The van der Waals surface area contributed by atoms with Crippen molar-refractivity contribution in [2.45, 2.75) is 44.7 Å². The highest BCUT2D eigenvalue weighted by Crippen LogP contribution is 2.41. The summed E-state index contributed by atoms with van der Waals surface area (Å²) in [6, 6.07) is 0. The molecule has 4 heteroatoms. The lowest BCUT2D eigenvalue weighted by Crippen LogP contribution is -2.33. The summed E-state index contributed by atoms with van der Waals surface area (Å²) in [6.45, 7) is 0.140. The molecular weight excluding hydrogens is 191 g/mol.